The maximum atomic E-state index is 13.6. The maximum Gasteiger partial charge on any atom is 0.301 e. The second-order valence-electron chi connectivity index (χ2n) is 9.43. The Balaban J connectivity index is 1.42. The van der Waals surface area contributed by atoms with Crippen molar-refractivity contribution in [2.24, 2.45) is 0 Å². The number of aromatic nitrogens is 4. The molecule has 1 atom stereocenters. The lowest BCUT2D eigenvalue weighted by atomic mass is 9.96. The van der Waals surface area contributed by atoms with Crippen molar-refractivity contribution in [3.8, 4) is 0 Å². The number of hydrogen-bond acceptors (Lipinski definition) is 8. The first kappa shape index (κ1) is 27.5. The van der Waals surface area contributed by atoms with Crippen molar-refractivity contribution in [1.82, 2.24) is 19.6 Å². The topological polar surface area (TPSA) is 101 Å². The summed E-state index contributed by atoms with van der Waals surface area (Å²) in [6.07, 6.45) is 1.75. The summed E-state index contributed by atoms with van der Waals surface area (Å²) in [5.41, 5.74) is 3.99. The first-order valence-electron chi connectivity index (χ1n) is 12.4. The van der Waals surface area contributed by atoms with Gasteiger partial charge in [0.05, 0.1) is 17.3 Å². The number of anilines is 1. The molecule has 12 heteroatoms. The molecule has 0 saturated carbocycles. The maximum absolute atomic E-state index is 13.6. The highest BCUT2D eigenvalue weighted by Gasteiger charge is 2.48. The smallest absolute Gasteiger partial charge is 0.301 e. The van der Waals surface area contributed by atoms with Crippen LogP contribution < -0.4 is 4.90 Å². The molecule has 0 spiro atoms. The standard InChI is InChI=1S/C29H21Cl2N5O3S2/c1-15-6-8-17(9-7-15)24-22(25(37)23-16(2)32-21-5-3-4-12-35(21)23)26(38)27(39)36(24)28-33-34-29(41-28)40-14-18-10-11-19(30)13-20(18)31/h3-13,24,37H,14H2,1-2H3/b25-22+. The van der Waals surface area contributed by atoms with Gasteiger partial charge in [-0.25, -0.2) is 4.98 Å². The molecule has 1 unspecified atom stereocenters. The van der Waals surface area contributed by atoms with E-state index < -0.39 is 17.7 Å². The van der Waals surface area contributed by atoms with Crippen LogP contribution in [0.4, 0.5) is 5.13 Å². The van der Waals surface area contributed by atoms with Crippen molar-refractivity contribution in [3.05, 3.63) is 111 Å². The number of ketones is 1. The fourth-order valence-corrected chi connectivity index (χ4v) is 7.18. The Labute approximate surface area is 253 Å². The molecular weight excluding hydrogens is 601 g/mol. The summed E-state index contributed by atoms with van der Waals surface area (Å²) in [7, 11) is 0. The molecule has 0 radical (unpaired) electrons. The second kappa shape index (κ2) is 10.9. The van der Waals surface area contributed by atoms with E-state index in [0.29, 0.717) is 42.7 Å². The number of nitrogens with zero attached hydrogens (tertiary/aromatic N) is 5. The van der Waals surface area contributed by atoms with E-state index in [1.807, 2.05) is 43.3 Å². The van der Waals surface area contributed by atoms with Gasteiger partial charge in [-0.05, 0) is 49.2 Å². The predicted molar refractivity (Wildman–Crippen MR) is 162 cm³/mol. The summed E-state index contributed by atoms with van der Waals surface area (Å²) < 4.78 is 2.29. The minimum Gasteiger partial charge on any atom is -0.505 e. The Kier molecular flexibility index (Phi) is 7.33. The van der Waals surface area contributed by atoms with Gasteiger partial charge in [0.2, 0.25) is 5.13 Å². The van der Waals surface area contributed by atoms with Crippen molar-refractivity contribution < 1.29 is 14.7 Å². The molecule has 1 fully saturated rings. The normalized spacial score (nSPS) is 16.7. The third-order valence-electron chi connectivity index (χ3n) is 6.73. The average Bonchev–Trinajstić information content (AvgIpc) is 3.62. The number of fused-ring (bicyclic) bond motifs is 1. The monoisotopic (exact) mass is 621 g/mol. The van der Waals surface area contributed by atoms with Crippen molar-refractivity contribution >= 4 is 74.5 Å². The number of aryl methyl sites for hydroxylation is 2. The van der Waals surface area contributed by atoms with Gasteiger partial charge in [0.1, 0.15) is 11.3 Å². The summed E-state index contributed by atoms with van der Waals surface area (Å²) >= 11 is 14.9. The van der Waals surface area contributed by atoms with Crippen LogP contribution in [0.3, 0.4) is 0 Å². The van der Waals surface area contributed by atoms with Crippen LogP contribution in [0.25, 0.3) is 11.4 Å². The van der Waals surface area contributed by atoms with E-state index in [2.05, 4.69) is 15.2 Å². The zero-order chi connectivity index (χ0) is 28.8. The van der Waals surface area contributed by atoms with Crippen LogP contribution in [0.5, 0.6) is 0 Å². The van der Waals surface area contributed by atoms with Crippen molar-refractivity contribution in [1.29, 1.82) is 0 Å². The van der Waals surface area contributed by atoms with E-state index in [-0.39, 0.29) is 16.5 Å². The Morgan fingerprint density at radius 2 is 1.83 bits per heavy atom. The zero-order valence-corrected chi connectivity index (χ0v) is 24.9. The third kappa shape index (κ3) is 5.01. The molecule has 1 aliphatic heterocycles. The minimum absolute atomic E-state index is 0.0371. The van der Waals surface area contributed by atoms with Gasteiger partial charge < -0.3 is 5.11 Å². The van der Waals surface area contributed by atoms with Crippen molar-refractivity contribution in [2.45, 2.75) is 30.0 Å². The van der Waals surface area contributed by atoms with Crippen LogP contribution in [0.2, 0.25) is 10.0 Å². The molecule has 2 aromatic carbocycles. The molecule has 3 aromatic heterocycles. The van der Waals surface area contributed by atoms with E-state index in [4.69, 9.17) is 23.2 Å². The van der Waals surface area contributed by atoms with Gasteiger partial charge in [-0.2, -0.15) is 0 Å². The van der Waals surface area contributed by atoms with Gasteiger partial charge in [-0.1, -0.05) is 88.3 Å². The van der Waals surface area contributed by atoms with E-state index in [9.17, 15) is 14.7 Å². The fraction of sp³-hybridized carbons (Fsp3) is 0.138. The minimum atomic E-state index is -0.916. The first-order valence-corrected chi connectivity index (χ1v) is 15.0. The van der Waals surface area contributed by atoms with E-state index in [0.717, 1.165) is 11.1 Å². The molecule has 5 aromatic rings. The van der Waals surface area contributed by atoms with Crippen LogP contribution in [-0.2, 0) is 15.3 Å². The fourth-order valence-electron chi connectivity index (χ4n) is 4.76. The Hall–Kier alpha value is -3.70. The lowest BCUT2D eigenvalue weighted by molar-refractivity contribution is -0.132. The van der Waals surface area contributed by atoms with E-state index >= 15 is 0 Å². The predicted octanol–water partition coefficient (Wildman–Crippen LogP) is 7.03. The number of halogens is 2. The number of imidazole rings is 1. The van der Waals surface area contributed by atoms with Crippen LogP contribution in [0.1, 0.15) is 34.1 Å². The number of amides is 1. The number of thioether (sulfide) groups is 1. The number of pyridine rings is 1. The molecular formula is C29H21Cl2N5O3S2. The summed E-state index contributed by atoms with van der Waals surface area (Å²) in [6, 6.07) is 17.3. The molecule has 4 heterocycles. The largest absolute Gasteiger partial charge is 0.505 e. The molecule has 1 N–H and O–H groups in total. The van der Waals surface area contributed by atoms with Crippen LogP contribution in [0, 0.1) is 13.8 Å². The third-order valence-corrected chi connectivity index (χ3v) is 9.43. The van der Waals surface area contributed by atoms with Crippen molar-refractivity contribution in [2.75, 3.05) is 4.90 Å². The summed E-state index contributed by atoms with van der Waals surface area (Å²) in [5.74, 6) is -1.39. The quantitative estimate of drug-likeness (QED) is 0.0714. The van der Waals surface area contributed by atoms with Crippen LogP contribution in [0.15, 0.2) is 76.8 Å². The molecule has 1 amide bonds. The lowest BCUT2D eigenvalue weighted by Crippen LogP contribution is -2.29. The number of carbonyl (C=O) groups is 2. The summed E-state index contributed by atoms with van der Waals surface area (Å²) in [5, 5.41) is 21.5. The van der Waals surface area contributed by atoms with E-state index in [1.54, 1.807) is 41.8 Å². The highest BCUT2D eigenvalue weighted by Crippen LogP contribution is 2.44. The highest BCUT2D eigenvalue weighted by molar-refractivity contribution is 8.00. The molecule has 0 aliphatic carbocycles. The van der Waals surface area contributed by atoms with Gasteiger partial charge in [-0.15, -0.1) is 10.2 Å². The second-order valence-corrected chi connectivity index (χ2v) is 12.5. The Morgan fingerprint density at radius 1 is 1.05 bits per heavy atom. The van der Waals surface area contributed by atoms with Crippen molar-refractivity contribution in [3.63, 3.8) is 0 Å². The molecule has 1 saturated heterocycles. The molecule has 206 valence electrons. The summed E-state index contributed by atoms with van der Waals surface area (Å²) in [4.78, 5) is 33.0. The first-order chi connectivity index (χ1) is 19.7. The SMILES string of the molecule is Cc1ccc(C2/C(=C(\O)c3c(C)nc4ccccn34)C(=O)C(=O)N2c2nnc(SCc3ccc(Cl)cc3Cl)s2)cc1. The lowest BCUT2D eigenvalue weighted by Gasteiger charge is -2.22. The Morgan fingerprint density at radius 3 is 2.59 bits per heavy atom. The number of benzene rings is 2. The van der Waals surface area contributed by atoms with Gasteiger partial charge in [0, 0.05) is 22.0 Å². The van der Waals surface area contributed by atoms with Crippen LogP contribution >= 0.6 is 46.3 Å². The van der Waals surface area contributed by atoms with Crippen LogP contribution in [-0.4, -0.2) is 36.4 Å². The van der Waals surface area contributed by atoms with Gasteiger partial charge in [0.15, 0.2) is 10.1 Å². The van der Waals surface area contributed by atoms with Gasteiger partial charge in [-0.3, -0.25) is 18.9 Å². The number of Topliss-reactive ketones (excluding diaryl/α,β-unsaturated/α-hetero) is 1. The van der Waals surface area contributed by atoms with Gasteiger partial charge in [0.25, 0.3) is 5.78 Å². The van der Waals surface area contributed by atoms with Gasteiger partial charge >= 0.3 is 5.91 Å². The summed E-state index contributed by atoms with van der Waals surface area (Å²) in [6.45, 7) is 3.70. The number of aliphatic hydroxyl groups excluding tert-OH is 1. The van der Waals surface area contributed by atoms with E-state index in [1.165, 1.54) is 28.0 Å². The zero-order valence-electron chi connectivity index (χ0n) is 21.7. The number of carbonyl (C=O) groups excluding carboxylic acids is 2. The Bertz CT molecular complexity index is 1870. The number of hydrogen-bond donors (Lipinski definition) is 1. The molecule has 1 aliphatic rings. The number of rotatable bonds is 6. The molecule has 0 bridgehead atoms. The highest BCUT2D eigenvalue weighted by atomic mass is 35.5. The molecule has 41 heavy (non-hydrogen) atoms. The molecule has 8 nitrogen and oxygen atoms in total. The number of aliphatic hydroxyl groups is 1. The molecule has 6 rings (SSSR count). The average molecular weight is 623 g/mol.